The second kappa shape index (κ2) is 6.60. The van der Waals surface area contributed by atoms with Gasteiger partial charge in [0.2, 0.25) is 11.8 Å². The molecule has 0 aromatic carbocycles. The average Bonchev–Trinajstić information content (AvgIpc) is 2.00. The van der Waals surface area contributed by atoms with Crippen molar-refractivity contribution in [2.24, 2.45) is 5.73 Å². The van der Waals surface area contributed by atoms with Gasteiger partial charge in [-0.3, -0.25) is 9.59 Å². The number of hydrogen-bond acceptors (Lipinski definition) is 3. The van der Waals surface area contributed by atoms with Crippen LogP contribution < -0.4 is 16.4 Å². The van der Waals surface area contributed by atoms with Gasteiger partial charge in [-0.1, -0.05) is 0 Å². The van der Waals surface area contributed by atoms with Crippen molar-refractivity contribution in [3.8, 4) is 0 Å². The molecule has 0 aromatic rings. The molecule has 5 nitrogen and oxygen atoms in total. The smallest absolute Gasteiger partial charge is 0.221 e. The van der Waals surface area contributed by atoms with Crippen LogP contribution in [0.1, 0.15) is 13.3 Å². The topological polar surface area (TPSA) is 84.2 Å². The molecule has 0 rings (SSSR count). The number of nitrogens with two attached hydrogens (primary N) is 1. The molecule has 2 amide bonds. The summed E-state index contributed by atoms with van der Waals surface area (Å²) in [5.74, 6) is -0.212. The Kier molecular flexibility index (Phi) is 6.00. The van der Waals surface area contributed by atoms with Gasteiger partial charge in [0.1, 0.15) is 0 Å². The molecule has 12 heavy (non-hydrogen) atoms. The first kappa shape index (κ1) is 10.9. The summed E-state index contributed by atoms with van der Waals surface area (Å²) in [5, 5.41) is 5.11. The lowest BCUT2D eigenvalue weighted by molar-refractivity contribution is -0.121. The maximum absolute atomic E-state index is 10.9. The molecule has 0 fully saturated rings. The first-order valence-corrected chi connectivity index (χ1v) is 3.88. The predicted molar refractivity (Wildman–Crippen MR) is 45.4 cm³/mol. The molecule has 0 bridgehead atoms. The van der Waals surface area contributed by atoms with Gasteiger partial charge >= 0.3 is 0 Å². The summed E-state index contributed by atoms with van der Waals surface area (Å²) < 4.78 is 0. The van der Waals surface area contributed by atoms with Crippen LogP contribution in [-0.2, 0) is 9.59 Å². The molecule has 0 unspecified atom stereocenters. The normalized spacial score (nSPS) is 9.17. The summed E-state index contributed by atoms with van der Waals surface area (Å²) in [5.41, 5.74) is 5.17. The second-order valence-corrected chi connectivity index (χ2v) is 2.37. The molecule has 0 saturated carbocycles. The minimum atomic E-state index is -0.123. The Balaban J connectivity index is 3.25. The van der Waals surface area contributed by atoms with E-state index in [2.05, 4.69) is 10.6 Å². The summed E-state index contributed by atoms with van der Waals surface area (Å²) in [7, 11) is 0. The lowest BCUT2D eigenvalue weighted by atomic mass is 10.4. The molecule has 0 aliphatic heterocycles. The van der Waals surface area contributed by atoms with Crippen molar-refractivity contribution in [3.05, 3.63) is 0 Å². The zero-order valence-electron chi connectivity index (χ0n) is 7.22. The van der Waals surface area contributed by atoms with Crippen molar-refractivity contribution >= 4 is 11.8 Å². The highest BCUT2D eigenvalue weighted by Gasteiger charge is 1.99. The van der Waals surface area contributed by atoms with E-state index in [1.165, 1.54) is 6.92 Å². The average molecular weight is 173 g/mol. The zero-order chi connectivity index (χ0) is 9.40. The highest BCUT2D eigenvalue weighted by Crippen LogP contribution is 1.76. The minimum absolute atomic E-state index is 0.0887. The van der Waals surface area contributed by atoms with Gasteiger partial charge < -0.3 is 16.4 Å². The number of hydrogen-bond donors (Lipinski definition) is 3. The Morgan fingerprint density at radius 1 is 1.25 bits per heavy atom. The lowest BCUT2D eigenvalue weighted by Gasteiger charge is -2.03. The van der Waals surface area contributed by atoms with Crippen LogP contribution in [0, 0.1) is 0 Å². The van der Waals surface area contributed by atoms with Gasteiger partial charge in [-0.15, -0.1) is 0 Å². The Hall–Kier alpha value is -1.10. The largest absolute Gasteiger partial charge is 0.356 e. The third-order valence-electron chi connectivity index (χ3n) is 1.19. The van der Waals surface area contributed by atoms with E-state index in [4.69, 9.17) is 5.73 Å². The maximum Gasteiger partial charge on any atom is 0.221 e. The van der Waals surface area contributed by atoms with Crippen LogP contribution in [0.4, 0.5) is 0 Å². The Morgan fingerprint density at radius 2 is 1.92 bits per heavy atom. The fourth-order valence-electron chi connectivity index (χ4n) is 0.652. The van der Waals surface area contributed by atoms with Crippen molar-refractivity contribution in [2.45, 2.75) is 13.3 Å². The molecule has 0 radical (unpaired) electrons. The van der Waals surface area contributed by atoms with Gasteiger partial charge in [0.25, 0.3) is 0 Å². The third-order valence-corrected chi connectivity index (χ3v) is 1.19. The minimum Gasteiger partial charge on any atom is -0.356 e. The SMILES string of the molecule is CC(=O)NCCC(=O)NCCN. The molecular weight excluding hydrogens is 158 g/mol. The van der Waals surface area contributed by atoms with E-state index in [1.807, 2.05) is 0 Å². The number of amides is 2. The molecule has 70 valence electrons. The maximum atomic E-state index is 10.9. The van der Waals surface area contributed by atoms with E-state index in [1.54, 1.807) is 0 Å². The number of nitrogens with one attached hydrogen (secondary N) is 2. The lowest BCUT2D eigenvalue weighted by Crippen LogP contribution is -2.32. The number of carbonyl (C=O) groups excluding carboxylic acids is 2. The molecule has 0 aromatic heterocycles. The van der Waals surface area contributed by atoms with Crippen LogP contribution >= 0.6 is 0 Å². The molecule has 0 saturated heterocycles. The van der Waals surface area contributed by atoms with E-state index in [-0.39, 0.29) is 11.8 Å². The summed E-state index contributed by atoms with van der Waals surface area (Å²) in [6.45, 7) is 2.72. The second-order valence-electron chi connectivity index (χ2n) is 2.37. The first-order chi connectivity index (χ1) is 5.66. The standard InChI is InChI=1S/C7H15N3O2/c1-6(11)9-4-2-7(12)10-5-3-8/h2-5,8H2,1H3,(H,9,11)(H,10,12). The van der Waals surface area contributed by atoms with Gasteiger partial charge in [0, 0.05) is 33.0 Å². The predicted octanol–water partition coefficient (Wildman–Crippen LogP) is -1.41. The molecule has 0 atom stereocenters. The van der Waals surface area contributed by atoms with Crippen LogP contribution in [0.5, 0.6) is 0 Å². The fraction of sp³-hybridized carbons (Fsp3) is 0.714. The molecule has 0 spiro atoms. The molecule has 0 aliphatic carbocycles. The van der Waals surface area contributed by atoms with Crippen LogP contribution in [0.2, 0.25) is 0 Å². The summed E-state index contributed by atoms with van der Waals surface area (Å²) >= 11 is 0. The summed E-state index contributed by atoms with van der Waals surface area (Å²) in [6.07, 6.45) is 0.305. The summed E-state index contributed by atoms with van der Waals surface area (Å²) in [4.78, 5) is 21.2. The first-order valence-electron chi connectivity index (χ1n) is 3.88. The van der Waals surface area contributed by atoms with Crippen molar-refractivity contribution in [1.29, 1.82) is 0 Å². The Bertz CT molecular complexity index is 159. The van der Waals surface area contributed by atoms with Gasteiger partial charge in [0.15, 0.2) is 0 Å². The van der Waals surface area contributed by atoms with Crippen molar-refractivity contribution in [1.82, 2.24) is 10.6 Å². The van der Waals surface area contributed by atoms with Crippen molar-refractivity contribution in [2.75, 3.05) is 19.6 Å². The molecule has 4 N–H and O–H groups in total. The molecular formula is C7H15N3O2. The Labute approximate surface area is 71.7 Å². The van der Waals surface area contributed by atoms with E-state index < -0.39 is 0 Å². The van der Waals surface area contributed by atoms with Gasteiger partial charge in [-0.25, -0.2) is 0 Å². The zero-order valence-corrected chi connectivity index (χ0v) is 7.22. The number of rotatable bonds is 5. The van der Waals surface area contributed by atoms with Crippen LogP contribution in [0.3, 0.4) is 0 Å². The number of carbonyl (C=O) groups is 2. The molecule has 0 heterocycles. The summed E-state index contributed by atoms with van der Waals surface area (Å²) in [6, 6.07) is 0. The Morgan fingerprint density at radius 3 is 2.42 bits per heavy atom. The quantitative estimate of drug-likeness (QED) is 0.477. The fourth-order valence-corrected chi connectivity index (χ4v) is 0.652. The van der Waals surface area contributed by atoms with Crippen molar-refractivity contribution < 1.29 is 9.59 Å². The highest BCUT2D eigenvalue weighted by molar-refractivity contribution is 5.77. The van der Waals surface area contributed by atoms with Crippen LogP contribution in [0.25, 0.3) is 0 Å². The van der Waals surface area contributed by atoms with Crippen LogP contribution in [-0.4, -0.2) is 31.4 Å². The van der Waals surface area contributed by atoms with Crippen molar-refractivity contribution in [3.63, 3.8) is 0 Å². The monoisotopic (exact) mass is 173 g/mol. The van der Waals surface area contributed by atoms with Gasteiger partial charge in [0.05, 0.1) is 0 Å². The van der Waals surface area contributed by atoms with E-state index in [9.17, 15) is 9.59 Å². The molecule has 0 aliphatic rings. The van der Waals surface area contributed by atoms with E-state index in [0.29, 0.717) is 26.1 Å². The van der Waals surface area contributed by atoms with E-state index in [0.717, 1.165) is 0 Å². The highest BCUT2D eigenvalue weighted by atomic mass is 16.2. The van der Waals surface area contributed by atoms with Gasteiger partial charge in [-0.2, -0.15) is 0 Å². The van der Waals surface area contributed by atoms with E-state index >= 15 is 0 Å². The van der Waals surface area contributed by atoms with Crippen LogP contribution in [0.15, 0.2) is 0 Å². The van der Waals surface area contributed by atoms with Gasteiger partial charge in [-0.05, 0) is 0 Å². The third kappa shape index (κ3) is 7.01. The molecule has 5 heteroatoms.